The van der Waals surface area contributed by atoms with E-state index in [1.54, 1.807) is 0 Å². The number of benzene rings is 1. The number of rotatable bonds is 3. The molecule has 19 heavy (non-hydrogen) atoms. The molecule has 0 aliphatic heterocycles. The van der Waals surface area contributed by atoms with Gasteiger partial charge in [0.2, 0.25) is 0 Å². The Morgan fingerprint density at radius 1 is 1.37 bits per heavy atom. The normalized spacial score (nSPS) is 16.5. The molecule has 1 saturated carbocycles. The van der Waals surface area contributed by atoms with Crippen LogP contribution in [0, 0.1) is 11.3 Å². The molecule has 1 aromatic carbocycles. The Hall–Kier alpha value is -2.23. The molecule has 4 nitrogen and oxygen atoms in total. The van der Waals surface area contributed by atoms with E-state index in [4.69, 9.17) is 10.4 Å². The molecule has 0 radical (unpaired) electrons. The third-order valence-electron chi connectivity index (χ3n) is 2.90. The van der Waals surface area contributed by atoms with Gasteiger partial charge in [-0.15, -0.1) is 13.2 Å². The van der Waals surface area contributed by atoms with E-state index in [0.717, 1.165) is 12.1 Å². The summed E-state index contributed by atoms with van der Waals surface area (Å²) in [6, 6.07) is 5.06. The first-order valence-electron chi connectivity index (χ1n) is 5.32. The molecule has 1 N–H and O–H groups in total. The fourth-order valence-electron chi connectivity index (χ4n) is 1.78. The average Bonchev–Trinajstić information content (AvgIpc) is 3.07. The molecule has 0 spiro atoms. The number of nitriles is 1. The lowest BCUT2D eigenvalue weighted by Crippen LogP contribution is -2.18. The highest BCUT2D eigenvalue weighted by molar-refractivity contribution is 5.88. The van der Waals surface area contributed by atoms with E-state index < -0.39 is 23.5 Å². The Morgan fingerprint density at radius 3 is 2.42 bits per heavy atom. The highest BCUT2D eigenvalue weighted by atomic mass is 19.4. The molecule has 0 amide bonds. The second-order valence-electron chi connectivity index (χ2n) is 4.29. The topological polar surface area (TPSA) is 70.3 Å². The van der Waals surface area contributed by atoms with E-state index in [1.807, 2.05) is 6.07 Å². The summed E-state index contributed by atoms with van der Waals surface area (Å²) in [5, 5.41) is 17.9. The van der Waals surface area contributed by atoms with Gasteiger partial charge in [0.25, 0.3) is 0 Å². The van der Waals surface area contributed by atoms with Crippen molar-refractivity contribution in [1.29, 1.82) is 5.26 Å². The van der Waals surface area contributed by atoms with E-state index in [1.165, 1.54) is 6.07 Å². The Morgan fingerprint density at radius 2 is 2.00 bits per heavy atom. The zero-order valence-electron chi connectivity index (χ0n) is 9.49. The molecular formula is C12H8F3NO3. The van der Waals surface area contributed by atoms with Gasteiger partial charge in [0.05, 0.1) is 17.0 Å². The van der Waals surface area contributed by atoms with E-state index in [0.29, 0.717) is 12.8 Å². The third kappa shape index (κ3) is 2.78. The number of hydrogen-bond donors (Lipinski definition) is 1. The van der Waals surface area contributed by atoms with Crippen LogP contribution >= 0.6 is 0 Å². The first kappa shape index (κ1) is 13.2. The predicted octanol–water partition coefficient (Wildman–Crippen LogP) is 2.84. The molecule has 1 aliphatic rings. The van der Waals surface area contributed by atoms with Gasteiger partial charge in [-0.05, 0) is 36.6 Å². The summed E-state index contributed by atoms with van der Waals surface area (Å²) >= 11 is 0. The number of ether oxygens (including phenoxy) is 1. The van der Waals surface area contributed by atoms with Crippen LogP contribution < -0.4 is 4.74 Å². The van der Waals surface area contributed by atoms with Gasteiger partial charge in [-0.1, -0.05) is 0 Å². The van der Waals surface area contributed by atoms with Crippen LogP contribution in [0.4, 0.5) is 13.2 Å². The van der Waals surface area contributed by atoms with E-state index in [-0.39, 0.29) is 11.1 Å². The van der Waals surface area contributed by atoms with Crippen LogP contribution in [0.25, 0.3) is 0 Å². The number of carboxylic acid groups (broad SMARTS) is 1. The van der Waals surface area contributed by atoms with Crippen molar-refractivity contribution < 1.29 is 27.8 Å². The first-order valence-corrected chi connectivity index (χ1v) is 5.32. The van der Waals surface area contributed by atoms with Crippen LogP contribution in [0.3, 0.4) is 0 Å². The molecule has 7 heteroatoms. The summed E-state index contributed by atoms with van der Waals surface area (Å²) in [6.45, 7) is 0. The van der Waals surface area contributed by atoms with Crippen LogP contribution in [0.5, 0.6) is 5.75 Å². The molecule has 0 bridgehead atoms. The maximum atomic E-state index is 12.2. The SMILES string of the molecule is N#CC1(c2cc(OC(F)(F)F)cc(C(=O)O)c2)CC1. The van der Waals surface area contributed by atoms with Crippen molar-refractivity contribution in [2.24, 2.45) is 0 Å². The minimum Gasteiger partial charge on any atom is -0.478 e. The maximum absolute atomic E-state index is 12.2. The second-order valence-corrected chi connectivity index (χ2v) is 4.29. The highest BCUT2D eigenvalue weighted by Gasteiger charge is 2.45. The Bertz CT molecular complexity index is 571. The zero-order chi connectivity index (χ0) is 14.3. The molecule has 0 unspecified atom stereocenters. The molecule has 1 aliphatic carbocycles. The molecule has 0 aromatic heterocycles. The average molecular weight is 271 g/mol. The van der Waals surface area contributed by atoms with Crippen molar-refractivity contribution in [3.05, 3.63) is 29.3 Å². The monoisotopic (exact) mass is 271 g/mol. The van der Waals surface area contributed by atoms with E-state index in [2.05, 4.69) is 4.74 Å². The van der Waals surface area contributed by atoms with Gasteiger partial charge in [-0.2, -0.15) is 5.26 Å². The number of halogens is 3. The minimum absolute atomic E-state index is 0.245. The summed E-state index contributed by atoms with van der Waals surface area (Å²) in [5.41, 5.74) is -0.970. The predicted molar refractivity (Wildman–Crippen MR) is 56.6 cm³/mol. The molecule has 2 rings (SSSR count). The quantitative estimate of drug-likeness (QED) is 0.917. The Labute approximate surface area is 106 Å². The van der Waals surface area contributed by atoms with Gasteiger partial charge in [0, 0.05) is 0 Å². The van der Waals surface area contributed by atoms with Gasteiger partial charge in [-0.25, -0.2) is 4.79 Å². The van der Waals surface area contributed by atoms with Gasteiger partial charge >= 0.3 is 12.3 Å². The summed E-state index contributed by atoms with van der Waals surface area (Å²) in [6.07, 6.45) is -3.91. The van der Waals surface area contributed by atoms with E-state index in [9.17, 15) is 18.0 Å². The maximum Gasteiger partial charge on any atom is 0.573 e. The minimum atomic E-state index is -4.91. The van der Waals surface area contributed by atoms with E-state index >= 15 is 0 Å². The number of aromatic carboxylic acids is 1. The number of hydrogen-bond acceptors (Lipinski definition) is 3. The lowest BCUT2D eigenvalue weighted by molar-refractivity contribution is -0.274. The third-order valence-corrected chi connectivity index (χ3v) is 2.90. The van der Waals surface area contributed by atoms with Crippen molar-refractivity contribution >= 4 is 5.97 Å². The smallest absolute Gasteiger partial charge is 0.478 e. The largest absolute Gasteiger partial charge is 0.573 e. The number of carboxylic acids is 1. The molecule has 1 aromatic rings. The molecule has 0 atom stereocenters. The van der Waals surface area contributed by atoms with Crippen LogP contribution in [-0.2, 0) is 5.41 Å². The number of alkyl halides is 3. The van der Waals surface area contributed by atoms with Crippen molar-refractivity contribution in [2.75, 3.05) is 0 Å². The number of nitrogens with zero attached hydrogens (tertiary/aromatic N) is 1. The van der Waals surface area contributed by atoms with Crippen molar-refractivity contribution in [3.8, 4) is 11.8 Å². The van der Waals surface area contributed by atoms with Crippen LogP contribution in [0.2, 0.25) is 0 Å². The Balaban J connectivity index is 2.45. The molecule has 100 valence electrons. The van der Waals surface area contributed by atoms with Crippen molar-refractivity contribution in [3.63, 3.8) is 0 Å². The zero-order valence-corrected chi connectivity index (χ0v) is 9.49. The summed E-state index contributed by atoms with van der Waals surface area (Å²) in [4.78, 5) is 10.9. The molecular weight excluding hydrogens is 263 g/mol. The van der Waals surface area contributed by atoms with Crippen LogP contribution in [-0.4, -0.2) is 17.4 Å². The second kappa shape index (κ2) is 4.16. The molecule has 0 heterocycles. The summed E-state index contributed by atoms with van der Waals surface area (Å²) in [5.74, 6) is -1.99. The van der Waals surface area contributed by atoms with Crippen LogP contribution in [0.1, 0.15) is 28.8 Å². The van der Waals surface area contributed by atoms with Gasteiger partial charge < -0.3 is 9.84 Å². The Kier molecular flexibility index (Phi) is 2.89. The lowest BCUT2D eigenvalue weighted by Gasteiger charge is -2.13. The fraction of sp³-hybridized carbons (Fsp3) is 0.333. The van der Waals surface area contributed by atoms with Crippen LogP contribution in [0.15, 0.2) is 18.2 Å². The number of carbonyl (C=O) groups is 1. The highest BCUT2D eigenvalue weighted by Crippen LogP contribution is 2.48. The van der Waals surface area contributed by atoms with Gasteiger partial charge in [0.15, 0.2) is 0 Å². The summed E-state index contributed by atoms with van der Waals surface area (Å²) in [7, 11) is 0. The van der Waals surface area contributed by atoms with Gasteiger partial charge in [-0.3, -0.25) is 0 Å². The van der Waals surface area contributed by atoms with Gasteiger partial charge in [0.1, 0.15) is 5.75 Å². The standard InChI is InChI=1S/C12H8F3NO3/c13-12(14,15)19-9-4-7(10(17)18)3-8(5-9)11(6-16)1-2-11/h3-5H,1-2H2,(H,17,18). The lowest BCUT2D eigenvalue weighted by atomic mass is 9.95. The first-order chi connectivity index (χ1) is 8.76. The fourth-order valence-corrected chi connectivity index (χ4v) is 1.78. The van der Waals surface area contributed by atoms with Crippen molar-refractivity contribution in [1.82, 2.24) is 0 Å². The molecule has 1 fully saturated rings. The molecule has 0 saturated heterocycles. The van der Waals surface area contributed by atoms with Crippen molar-refractivity contribution in [2.45, 2.75) is 24.6 Å². The summed E-state index contributed by atoms with van der Waals surface area (Å²) < 4.78 is 40.2.